The first-order valence-electron chi connectivity index (χ1n) is 29.9. The molecule has 0 saturated carbocycles. The molecule has 5 nitrogen and oxygen atoms in total. The van der Waals surface area contributed by atoms with E-state index in [1.165, 1.54) is 129 Å². The van der Waals surface area contributed by atoms with Gasteiger partial charge in [0, 0.05) is 56.2 Å². The quantitative estimate of drug-likeness (QED) is 0.156. The van der Waals surface area contributed by atoms with Crippen molar-refractivity contribution >= 4 is 80.5 Å². The van der Waals surface area contributed by atoms with E-state index < -0.39 is 5.54 Å². The normalized spacial score (nSPS) is 19.6. The van der Waals surface area contributed by atoms with Crippen molar-refractivity contribution in [2.24, 2.45) is 15.6 Å². The Morgan fingerprint density at radius 1 is 0.476 bits per heavy atom. The Balaban J connectivity index is 1.04. The highest BCUT2D eigenvalue weighted by Gasteiger charge is 2.60. The summed E-state index contributed by atoms with van der Waals surface area (Å²) in [5.41, 5.74) is 31.2. The van der Waals surface area contributed by atoms with Crippen molar-refractivity contribution in [2.75, 3.05) is 14.7 Å². The Bertz CT molecular complexity index is 4230. The number of fused-ring (bicyclic) bond motifs is 10. The number of nitrogens with zero attached hydrogens (tertiary/aromatic N) is 5. The van der Waals surface area contributed by atoms with Gasteiger partial charge >= 0.3 is 0 Å². The van der Waals surface area contributed by atoms with Gasteiger partial charge in [0.15, 0.2) is 0 Å². The first-order chi connectivity index (χ1) is 39.3. The van der Waals surface area contributed by atoms with E-state index in [0.717, 1.165) is 37.0 Å². The molecule has 0 fully saturated rings. The minimum Gasteiger partial charge on any atom is -0.330 e. The van der Waals surface area contributed by atoms with Crippen LogP contribution < -0.4 is 31.1 Å². The molecule has 0 bridgehead atoms. The van der Waals surface area contributed by atoms with Crippen LogP contribution in [0.2, 0.25) is 0 Å². The number of hydrogen-bond acceptors (Lipinski definition) is 5. The highest BCUT2D eigenvalue weighted by atomic mass is 15.3. The predicted octanol–water partition coefficient (Wildman–Crippen LogP) is 17.2. The van der Waals surface area contributed by atoms with Crippen LogP contribution in [0.4, 0.5) is 45.5 Å². The van der Waals surface area contributed by atoms with Crippen molar-refractivity contribution in [3.05, 3.63) is 232 Å². The predicted molar refractivity (Wildman–Crippen MR) is 348 cm³/mol. The minimum atomic E-state index is -0.415. The van der Waals surface area contributed by atoms with Gasteiger partial charge in [-0.15, -0.1) is 5.10 Å². The summed E-state index contributed by atoms with van der Waals surface area (Å²) in [6, 6.07) is 71.0. The molecule has 2 aliphatic carbocycles. The maximum Gasteiger partial charge on any atom is 0.252 e. The smallest absolute Gasteiger partial charge is 0.252 e. The van der Waals surface area contributed by atoms with Crippen molar-refractivity contribution < 1.29 is 0 Å². The molecule has 15 rings (SSSR count). The fourth-order valence-electron chi connectivity index (χ4n) is 15.5. The second kappa shape index (κ2) is 17.6. The first-order valence-corrected chi connectivity index (χ1v) is 29.9. The Morgan fingerprint density at radius 2 is 1.04 bits per heavy atom. The summed E-state index contributed by atoms with van der Waals surface area (Å²) < 4.78 is 0. The van der Waals surface area contributed by atoms with Crippen molar-refractivity contribution in [3.8, 4) is 22.3 Å². The molecule has 0 spiro atoms. The number of hydrogen-bond donors (Lipinski definition) is 0. The average molecular weight is 1070 g/mol. The minimum absolute atomic E-state index is 0.0406. The highest BCUT2D eigenvalue weighted by Crippen LogP contribution is 2.64. The van der Waals surface area contributed by atoms with E-state index in [0.29, 0.717) is 0 Å². The lowest BCUT2D eigenvalue weighted by Crippen LogP contribution is -2.61. The molecule has 6 aliphatic rings. The van der Waals surface area contributed by atoms with Gasteiger partial charge in [0.05, 0.1) is 23.1 Å². The molecular formula is C76H72BN5. The molecule has 2 atom stereocenters. The van der Waals surface area contributed by atoms with Gasteiger partial charge in [-0.25, -0.2) is 0 Å². The monoisotopic (exact) mass is 1070 g/mol. The standard InChI is InChI=1S/C76H72BN5/c1-47-36-69-71-70(37-47)81(65-33-28-55(73(5,6)7)42-58(65)49-22-16-13-17-23-49)68-43-56(82-66-31-26-51(63-46-78-79-63)38-60(66)75(10)35-34-50-24-18-19-25-59(50)76(75,82)11)29-30-61(68)77(71)62-39-52-44-74(8,9)45-53(52)40-67(62)80(69)64-32-27-54(72(2,3)4)41-57(64)48-20-14-12-15-21-48/h12-33,36-43,46H,34-35,44-45H2,1-11H3. The summed E-state index contributed by atoms with van der Waals surface area (Å²) in [5, 5.41) is 8.63. The van der Waals surface area contributed by atoms with Crippen LogP contribution >= 0.6 is 0 Å². The van der Waals surface area contributed by atoms with E-state index in [9.17, 15) is 0 Å². The molecule has 0 radical (unpaired) electrons. The Labute approximate surface area is 486 Å². The summed E-state index contributed by atoms with van der Waals surface area (Å²) in [5.74, 6) is 0. The van der Waals surface area contributed by atoms with Gasteiger partial charge in [-0.05, 0) is 195 Å². The van der Waals surface area contributed by atoms with Gasteiger partial charge in [-0.3, -0.25) is 0 Å². The van der Waals surface area contributed by atoms with Crippen LogP contribution in [0.25, 0.3) is 22.3 Å². The zero-order chi connectivity index (χ0) is 56.4. The lowest BCUT2D eigenvalue weighted by Gasteiger charge is -2.51. The third-order valence-corrected chi connectivity index (χ3v) is 19.9. The van der Waals surface area contributed by atoms with E-state index in [2.05, 4.69) is 283 Å². The Morgan fingerprint density at radius 3 is 1.62 bits per heavy atom. The molecule has 404 valence electrons. The van der Waals surface area contributed by atoms with E-state index >= 15 is 0 Å². The van der Waals surface area contributed by atoms with Crippen LogP contribution in [0.15, 0.2) is 192 Å². The molecule has 0 amide bonds. The third kappa shape index (κ3) is 7.45. The average Bonchev–Trinajstić information content (AvgIpc) is 1.48. The Hall–Kier alpha value is -8.22. The molecule has 0 N–H and O–H groups in total. The Kier molecular flexibility index (Phi) is 10.9. The fraction of sp³-hybridized carbons (Fsp3) is 0.263. The van der Waals surface area contributed by atoms with Crippen molar-refractivity contribution in [2.45, 2.75) is 124 Å². The van der Waals surface area contributed by atoms with E-state index in [1.54, 1.807) is 0 Å². The van der Waals surface area contributed by atoms with Crippen LogP contribution in [0.1, 0.15) is 126 Å². The van der Waals surface area contributed by atoms with Crippen LogP contribution in [-0.2, 0) is 41.0 Å². The fourth-order valence-corrected chi connectivity index (χ4v) is 15.5. The van der Waals surface area contributed by atoms with E-state index in [1.807, 2.05) is 6.21 Å². The molecule has 9 aromatic rings. The van der Waals surface area contributed by atoms with Gasteiger partial charge in [0.25, 0.3) is 6.71 Å². The number of anilines is 8. The molecule has 82 heavy (non-hydrogen) atoms. The molecular weight excluding hydrogens is 994 g/mol. The molecule has 4 heterocycles. The summed E-state index contributed by atoms with van der Waals surface area (Å²) >= 11 is 0. The maximum absolute atomic E-state index is 4.46. The molecule has 0 aromatic heterocycles. The number of benzene rings is 9. The van der Waals surface area contributed by atoms with Gasteiger partial charge in [-0.2, -0.15) is 5.10 Å². The van der Waals surface area contributed by atoms with Crippen molar-refractivity contribution in [1.82, 2.24) is 0 Å². The van der Waals surface area contributed by atoms with Crippen LogP contribution in [0.3, 0.4) is 0 Å². The van der Waals surface area contributed by atoms with E-state index in [-0.39, 0.29) is 28.4 Å². The summed E-state index contributed by atoms with van der Waals surface area (Å²) in [4.78, 5) is 8.09. The second-order valence-electron chi connectivity index (χ2n) is 27.8. The second-order valence-corrected chi connectivity index (χ2v) is 27.8. The number of rotatable bonds is 6. The highest BCUT2D eigenvalue weighted by molar-refractivity contribution is 7.00. The zero-order valence-electron chi connectivity index (χ0n) is 49.5. The maximum atomic E-state index is 4.46. The van der Waals surface area contributed by atoms with Gasteiger partial charge in [0.1, 0.15) is 5.71 Å². The lowest BCUT2D eigenvalue weighted by atomic mass is 9.33. The molecule has 2 unspecified atom stereocenters. The molecule has 6 heteroatoms. The first kappa shape index (κ1) is 50.7. The summed E-state index contributed by atoms with van der Waals surface area (Å²) in [6.07, 6.45) is 6.06. The lowest BCUT2D eigenvalue weighted by molar-refractivity contribution is 0.245. The molecule has 4 aliphatic heterocycles. The third-order valence-electron chi connectivity index (χ3n) is 19.9. The largest absolute Gasteiger partial charge is 0.330 e. The van der Waals surface area contributed by atoms with Crippen LogP contribution in [0.5, 0.6) is 0 Å². The van der Waals surface area contributed by atoms with Crippen molar-refractivity contribution in [3.63, 3.8) is 0 Å². The van der Waals surface area contributed by atoms with Gasteiger partial charge in [0.2, 0.25) is 0 Å². The van der Waals surface area contributed by atoms with E-state index in [4.69, 9.17) is 0 Å². The molecule has 9 aromatic carbocycles. The molecule has 0 saturated heterocycles. The topological polar surface area (TPSA) is 34.4 Å². The number of aryl methyl sites for hydroxylation is 2. The van der Waals surface area contributed by atoms with Gasteiger partial charge < -0.3 is 14.7 Å². The summed E-state index contributed by atoms with van der Waals surface area (Å²) in [7, 11) is 0. The summed E-state index contributed by atoms with van der Waals surface area (Å²) in [6.45, 7) is 26.2. The van der Waals surface area contributed by atoms with Crippen LogP contribution in [0, 0.1) is 12.3 Å². The van der Waals surface area contributed by atoms with Gasteiger partial charge in [-0.1, -0.05) is 178 Å². The van der Waals surface area contributed by atoms with Crippen molar-refractivity contribution in [1.29, 1.82) is 0 Å². The van der Waals surface area contributed by atoms with Crippen LogP contribution in [-0.4, -0.2) is 18.6 Å². The zero-order valence-corrected chi connectivity index (χ0v) is 49.5. The SMILES string of the molecule is Cc1cc2c3c(c1)N(c1ccc(C(C)(C)C)cc1-c1ccccc1)c1cc4c(cc1B3c1ccc(N3c5ccc(C6=NN=C6)cc5C5(C)CCc6ccccc6C35C)cc1N2c1ccc(C(C)(C)C)cc1-c1ccccc1)CC(C)(C)C4.